The molecule has 0 amide bonds. The van der Waals surface area contributed by atoms with Gasteiger partial charge in [-0.25, -0.2) is 9.59 Å². The van der Waals surface area contributed by atoms with Gasteiger partial charge in [0.25, 0.3) is 0 Å². The van der Waals surface area contributed by atoms with Crippen LogP contribution in [0.2, 0.25) is 0 Å². The lowest BCUT2D eigenvalue weighted by Gasteiger charge is -2.08. The molecule has 0 saturated carbocycles. The van der Waals surface area contributed by atoms with E-state index in [4.69, 9.17) is 5.11 Å². The standard InChI is InChI=1S/C17H16O4/c1-11-2-4-12(5-3-11)6-7-13-10-14(16(18)19)8-9-15(13)17(20)21/h2-5,8-10H,6-7H2,1H3,(H,18,19)(H,20,21). The molecular formula is C17H16O4. The van der Waals surface area contributed by atoms with E-state index in [1.54, 1.807) is 0 Å². The third-order valence-corrected chi connectivity index (χ3v) is 3.39. The maximum absolute atomic E-state index is 11.2. The molecule has 21 heavy (non-hydrogen) atoms. The van der Waals surface area contributed by atoms with Crippen LogP contribution in [0.25, 0.3) is 0 Å². The van der Waals surface area contributed by atoms with Gasteiger partial charge in [-0.3, -0.25) is 0 Å². The summed E-state index contributed by atoms with van der Waals surface area (Å²) in [4.78, 5) is 22.2. The van der Waals surface area contributed by atoms with E-state index in [1.165, 1.54) is 18.2 Å². The van der Waals surface area contributed by atoms with Crippen molar-refractivity contribution in [1.82, 2.24) is 0 Å². The Labute approximate surface area is 122 Å². The van der Waals surface area contributed by atoms with Crippen molar-refractivity contribution in [3.05, 3.63) is 70.3 Å². The van der Waals surface area contributed by atoms with Gasteiger partial charge < -0.3 is 10.2 Å². The Morgan fingerprint density at radius 3 is 2.14 bits per heavy atom. The van der Waals surface area contributed by atoms with Gasteiger partial charge in [0.05, 0.1) is 11.1 Å². The maximum Gasteiger partial charge on any atom is 0.335 e. The number of hydrogen-bond donors (Lipinski definition) is 2. The van der Waals surface area contributed by atoms with Crippen LogP contribution in [0, 0.1) is 6.92 Å². The van der Waals surface area contributed by atoms with E-state index in [-0.39, 0.29) is 11.1 Å². The third kappa shape index (κ3) is 3.69. The average molecular weight is 284 g/mol. The molecular weight excluding hydrogens is 268 g/mol. The van der Waals surface area contributed by atoms with Gasteiger partial charge in [-0.05, 0) is 49.1 Å². The van der Waals surface area contributed by atoms with Crippen LogP contribution in [-0.4, -0.2) is 22.2 Å². The normalized spacial score (nSPS) is 10.3. The molecule has 2 aromatic rings. The van der Waals surface area contributed by atoms with E-state index >= 15 is 0 Å². The van der Waals surface area contributed by atoms with Crippen molar-refractivity contribution >= 4 is 11.9 Å². The first-order valence-corrected chi connectivity index (χ1v) is 6.62. The molecule has 2 rings (SSSR count). The molecule has 0 aliphatic rings. The molecule has 0 bridgehead atoms. The Morgan fingerprint density at radius 2 is 1.57 bits per heavy atom. The fourth-order valence-corrected chi connectivity index (χ4v) is 2.18. The molecule has 0 fully saturated rings. The minimum atomic E-state index is -1.05. The van der Waals surface area contributed by atoms with Gasteiger partial charge in [-0.2, -0.15) is 0 Å². The molecule has 0 radical (unpaired) electrons. The largest absolute Gasteiger partial charge is 0.478 e. The number of hydrogen-bond acceptors (Lipinski definition) is 2. The summed E-state index contributed by atoms with van der Waals surface area (Å²) < 4.78 is 0. The first-order valence-electron chi connectivity index (χ1n) is 6.62. The number of aryl methyl sites for hydroxylation is 3. The van der Waals surface area contributed by atoms with Crippen LogP contribution in [0.4, 0.5) is 0 Å². The Bertz CT molecular complexity index is 672. The van der Waals surface area contributed by atoms with Gasteiger partial charge in [0.15, 0.2) is 0 Å². The van der Waals surface area contributed by atoms with Crippen molar-refractivity contribution in [3.8, 4) is 0 Å². The van der Waals surface area contributed by atoms with Crippen LogP contribution in [0.15, 0.2) is 42.5 Å². The third-order valence-electron chi connectivity index (χ3n) is 3.39. The number of carboxylic acids is 2. The second kappa shape index (κ2) is 6.22. The Morgan fingerprint density at radius 1 is 0.905 bits per heavy atom. The van der Waals surface area contributed by atoms with Gasteiger partial charge in [0.1, 0.15) is 0 Å². The van der Waals surface area contributed by atoms with E-state index in [0.29, 0.717) is 18.4 Å². The van der Waals surface area contributed by atoms with Crippen molar-refractivity contribution in [1.29, 1.82) is 0 Å². The average Bonchev–Trinajstić information content (AvgIpc) is 2.46. The summed E-state index contributed by atoms with van der Waals surface area (Å²) in [6.45, 7) is 2.00. The Kier molecular flexibility index (Phi) is 4.38. The van der Waals surface area contributed by atoms with Gasteiger partial charge in [-0.1, -0.05) is 29.8 Å². The highest BCUT2D eigenvalue weighted by molar-refractivity contribution is 5.93. The lowest BCUT2D eigenvalue weighted by molar-refractivity contribution is 0.0680. The number of carboxylic acid groups (broad SMARTS) is 2. The van der Waals surface area contributed by atoms with Crippen molar-refractivity contribution in [3.63, 3.8) is 0 Å². The zero-order valence-corrected chi connectivity index (χ0v) is 11.7. The fraction of sp³-hybridized carbons (Fsp3) is 0.176. The first-order chi connectivity index (χ1) is 9.97. The molecule has 0 atom stereocenters. The smallest absolute Gasteiger partial charge is 0.335 e. The molecule has 0 saturated heterocycles. The zero-order chi connectivity index (χ0) is 15.4. The predicted molar refractivity (Wildman–Crippen MR) is 78.9 cm³/mol. The number of aromatic carboxylic acids is 2. The molecule has 4 heteroatoms. The molecule has 2 N–H and O–H groups in total. The SMILES string of the molecule is Cc1ccc(CCc2cc(C(=O)O)ccc2C(=O)O)cc1. The molecule has 2 aromatic carbocycles. The van der Waals surface area contributed by atoms with Gasteiger partial charge >= 0.3 is 11.9 Å². The van der Waals surface area contributed by atoms with Crippen LogP contribution in [0.5, 0.6) is 0 Å². The van der Waals surface area contributed by atoms with Crippen LogP contribution in [0.3, 0.4) is 0 Å². The number of benzene rings is 2. The molecule has 108 valence electrons. The molecule has 0 spiro atoms. The van der Waals surface area contributed by atoms with Crippen molar-refractivity contribution in [2.45, 2.75) is 19.8 Å². The fourth-order valence-electron chi connectivity index (χ4n) is 2.18. The van der Waals surface area contributed by atoms with E-state index in [9.17, 15) is 14.7 Å². The summed E-state index contributed by atoms with van der Waals surface area (Å²) in [6.07, 6.45) is 1.16. The summed E-state index contributed by atoms with van der Waals surface area (Å²) in [5, 5.41) is 18.2. The minimum Gasteiger partial charge on any atom is -0.478 e. The topological polar surface area (TPSA) is 74.6 Å². The van der Waals surface area contributed by atoms with E-state index in [0.717, 1.165) is 11.1 Å². The molecule has 4 nitrogen and oxygen atoms in total. The molecule has 0 aliphatic heterocycles. The van der Waals surface area contributed by atoms with Crippen LogP contribution >= 0.6 is 0 Å². The summed E-state index contributed by atoms with van der Waals surface area (Å²) in [5.74, 6) is -2.09. The predicted octanol–water partition coefficient (Wildman–Crippen LogP) is 3.18. The minimum absolute atomic E-state index is 0.110. The lowest BCUT2D eigenvalue weighted by atomic mass is 9.97. The van der Waals surface area contributed by atoms with E-state index in [2.05, 4.69) is 0 Å². The molecule has 0 heterocycles. The second-order valence-electron chi connectivity index (χ2n) is 4.97. The summed E-state index contributed by atoms with van der Waals surface area (Å²) in [7, 11) is 0. The van der Waals surface area contributed by atoms with Crippen LogP contribution in [-0.2, 0) is 12.8 Å². The zero-order valence-electron chi connectivity index (χ0n) is 11.7. The van der Waals surface area contributed by atoms with Crippen molar-refractivity contribution < 1.29 is 19.8 Å². The van der Waals surface area contributed by atoms with E-state index in [1.807, 2.05) is 31.2 Å². The molecule has 0 unspecified atom stereocenters. The quantitative estimate of drug-likeness (QED) is 0.884. The number of rotatable bonds is 5. The summed E-state index contributed by atoms with van der Waals surface area (Å²) in [5.41, 5.74) is 3.07. The first kappa shape index (κ1) is 14.8. The molecule has 0 aromatic heterocycles. The van der Waals surface area contributed by atoms with Gasteiger partial charge in [0.2, 0.25) is 0 Å². The van der Waals surface area contributed by atoms with Gasteiger partial charge in [-0.15, -0.1) is 0 Å². The van der Waals surface area contributed by atoms with Crippen LogP contribution < -0.4 is 0 Å². The lowest BCUT2D eigenvalue weighted by Crippen LogP contribution is -2.07. The summed E-state index contributed by atoms with van der Waals surface area (Å²) >= 11 is 0. The Hall–Kier alpha value is -2.62. The number of carbonyl (C=O) groups is 2. The van der Waals surface area contributed by atoms with Crippen LogP contribution in [0.1, 0.15) is 37.4 Å². The monoisotopic (exact) mass is 284 g/mol. The highest BCUT2D eigenvalue weighted by atomic mass is 16.4. The second-order valence-corrected chi connectivity index (χ2v) is 4.97. The maximum atomic E-state index is 11.2. The highest BCUT2D eigenvalue weighted by Crippen LogP contribution is 2.16. The molecule has 0 aliphatic carbocycles. The Balaban J connectivity index is 2.24. The highest BCUT2D eigenvalue weighted by Gasteiger charge is 2.13. The van der Waals surface area contributed by atoms with Gasteiger partial charge in [0, 0.05) is 0 Å². The van der Waals surface area contributed by atoms with E-state index < -0.39 is 11.9 Å². The van der Waals surface area contributed by atoms with Crippen molar-refractivity contribution in [2.75, 3.05) is 0 Å². The van der Waals surface area contributed by atoms with Crippen molar-refractivity contribution in [2.24, 2.45) is 0 Å². The summed E-state index contributed by atoms with van der Waals surface area (Å²) in [6, 6.07) is 12.1.